The van der Waals surface area contributed by atoms with Crippen molar-refractivity contribution >= 4 is 60.7 Å². The van der Waals surface area contributed by atoms with E-state index in [1.807, 2.05) is 0 Å². The third-order valence-electron chi connectivity index (χ3n) is 13.8. The number of anilines is 3. The molecule has 13 rings (SSSR count). The average molecular weight is 880 g/mol. The van der Waals surface area contributed by atoms with Gasteiger partial charge in [-0.1, -0.05) is 188 Å². The molecule has 3 nitrogen and oxygen atoms in total. The van der Waals surface area contributed by atoms with E-state index in [-0.39, 0.29) is 0 Å². The number of fused-ring (bicyclic) bond motifs is 6. The summed E-state index contributed by atoms with van der Waals surface area (Å²) in [6, 6.07) is 98.9. The summed E-state index contributed by atoms with van der Waals surface area (Å²) in [6.45, 7) is 0. The lowest BCUT2D eigenvalue weighted by Crippen LogP contribution is -2.09. The molecule has 0 saturated heterocycles. The molecule has 324 valence electrons. The van der Waals surface area contributed by atoms with E-state index in [0.717, 1.165) is 28.4 Å². The summed E-state index contributed by atoms with van der Waals surface area (Å²) >= 11 is 0. The van der Waals surface area contributed by atoms with Crippen LogP contribution in [0.4, 0.5) is 17.1 Å². The van der Waals surface area contributed by atoms with Crippen LogP contribution in [0.15, 0.2) is 273 Å². The van der Waals surface area contributed by atoms with Gasteiger partial charge in [-0.15, -0.1) is 0 Å². The number of aromatic nitrogens is 2. The number of nitrogens with zero attached hydrogens (tertiary/aromatic N) is 3. The Morgan fingerprint density at radius 3 is 0.942 bits per heavy atom. The van der Waals surface area contributed by atoms with E-state index in [2.05, 4.69) is 287 Å². The fourth-order valence-corrected chi connectivity index (χ4v) is 10.4. The van der Waals surface area contributed by atoms with E-state index in [1.54, 1.807) is 0 Å². The summed E-state index contributed by atoms with van der Waals surface area (Å²) in [6.07, 6.45) is 0. The monoisotopic (exact) mass is 879 g/mol. The molecule has 0 spiro atoms. The molecule has 0 fully saturated rings. The third kappa shape index (κ3) is 7.16. The van der Waals surface area contributed by atoms with E-state index >= 15 is 0 Å². The van der Waals surface area contributed by atoms with Crippen LogP contribution in [0.5, 0.6) is 0 Å². The van der Waals surface area contributed by atoms with Crippen LogP contribution in [-0.2, 0) is 0 Å². The minimum Gasteiger partial charge on any atom is -0.311 e. The fraction of sp³-hybridized carbons (Fsp3) is 0. The zero-order valence-electron chi connectivity index (χ0n) is 37.8. The molecule has 0 bridgehead atoms. The lowest BCUT2D eigenvalue weighted by molar-refractivity contribution is 1.18. The highest BCUT2D eigenvalue weighted by Crippen LogP contribution is 2.40. The lowest BCUT2D eigenvalue weighted by Gasteiger charge is -2.26. The Labute approximate surface area is 401 Å². The van der Waals surface area contributed by atoms with Crippen LogP contribution in [0, 0.1) is 0 Å². The zero-order valence-corrected chi connectivity index (χ0v) is 37.8. The molecule has 0 aliphatic carbocycles. The Balaban J connectivity index is 0.806. The van der Waals surface area contributed by atoms with Gasteiger partial charge in [-0.05, 0) is 129 Å². The molecule has 0 saturated carbocycles. The van der Waals surface area contributed by atoms with Gasteiger partial charge in [-0.2, -0.15) is 0 Å². The molecule has 69 heavy (non-hydrogen) atoms. The zero-order chi connectivity index (χ0) is 45.7. The van der Waals surface area contributed by atoms with Crippen LogP contribution in [0.2, 0.25) is 0 Å². The molecule has 2 heterocycles. The predicted octanol–water partition coefficient (Wildman–Crippen LogP) is 18.0. The standard InChI is InChI=1S/C66H45N3/c1-3-13-46(14-4-1)48-27-36-55(37-28-48)67(57-40-31-50(32-41-57)51-33-42-58(43-34-51)68-63-20-10-7-17-59(63)60-18-8-11-21-64(60)68)56-38-29-49(30-39-56)47-23-25-52(26-24-47)53-35-44-62-61-19-9-12-22-65(61)69(66(62)45-53)54-15-5-2-6-16-54/h1-45H. The number of hydrogen-bond acceptors (Lipinski definition) is 1. The molecular formula is C66H45N3. The van der Waals surface area contributed by atoms with Crippen molar-refractivity contribution in [1.29, 1.82) is 0 Å². The van der Waals surface area contributed by atoms with E-state index in [1.165, 1.54) is 88.1 Å². The second kappa shape index (κ2) is 16.9. The molecule has 2 aromatic heterocycles. The SMILES string of the molecule is c1ccc(-c2ccc(N(c3ccc(-c4ccc(-c5ccc6c7ccccc7n(-c7ccccc7)c6c5)cc4)cc3)c3ccc(-c4ccc(-n5c6ccccc6c6ccccc65)cc4)cc3)cc2)cc1. The number of benzene rings is 11. The van der Waals surface area contributed by atoms with Crippen molar-refractivity contribution in [3.8, 4) is 55.9 Å². The normalized spacial score (nSPS) is 11.5. The predicted molar refractivity (Wildman–Crippen MR) is 292 cm³/mol. The van der Waals surface area contributed by atoms with Gasteiger partial charge < -0.3 is 14.0 Å². The Kier molecular flexibility index (Phi) is 9.84. The van der Waals surface area contributed by atoms with Crippen LogP contribution in [0.1, 0.15) is 0 Å². The van der Waals surface area contributed by atoms with Crippen molar-refractivity contribution in [3.63, 3.8) is 0 Å². The summed E-state index contributed by atoms with van der Waals surface area (Å²) in [5.41, 5.74) is 19.9. The highest BCUT2D eigenvalue weighted by Gasteiger charge is 2.17. The smallest absolute Gasteiger partial charge is 0.0547 e. The average Bonchev–Trinajstić information content (AvgIpc) is 3.95. The molecule has 0 N–H and O–H groups in total. The van der Waals surface area contributed by atoms with Gasteiger partial charge in [-0.25, -0.2) is 0 Å². The Morgan fingerprint density at radius 1 is 0.203 bits per heavy atom. The van der Waals surface area contributed by atoms with Crippen LogP contribution >= 0.6 is 0 Å². The van der Waals surface area contributed by atoms with Gasteiger partial charge in [0.1, 0.15) is 0 Å². The van der Waals surface area contributed by atoms with Crippen molar-refractivity contribution in [2.24, 2.45) is 0 Å². The molecule has 0 aliphatic heterocycles. The van der Waals surface area contributed by atoms with Gasteiger partial charge >= 0.3 is 0 Å². The molecule has 0 atom stereocenters. The molecule has 0 aliphatic rings. The maximum absolute atomic E-state index is 2.38. The second-order valence-corrected chi connectivity index (χ2v) is 17.8. The minimum absolute atomic E-state index is 1.09. The van der Waals surface area contributed by atoms with Gasteiger partial charge in [-0.3, -0.25) is 0 Å². The number of hydrogen-bond donors (Lipinski definition) is 0. The first-order valence-corrected chi connectivity index (χ1v) is 23.7. The van der Waals surface area contributed by atoms with Crippen LogP contribution < -0.4 is 4.90 Å². The summed E-state index contributed by atoms with van der Waals surface area (Å²) < 4.78 is 4.75. The van der Waals surface area contributed by atoms with Crippen LogP contribution in [-0.4, -0.2) is 9.13 Å². The quantitative estimate of drug-likeness (QED) is 0.141. The van der Waals surface area contributed by atoms with E-state index in [9.17, 15) is 0 Å². The molecule has 11 aromatic carbocycles. The molecular weight excluding hydrogens is 835 g/mol. The molecule has 13 aromatic rings. The molecule has 0 unspecified atom stereocenters. The summed E-state index contributed by atoms with van der Waals surface area (Å²) in [4.78, 5) is 2.35. The maximum atomic E-state index is 2.38. The van der Waals surface area contributed by atoms with Gasteiger partial charge in [0.15, 0.2) is 0 Å². The topological polar surface area (TPSA) is 13.1 Å². The van der Waals surface area contributed by atoms with E-state index < -0.39 is 0 Å². The highest BCUT2D eigenvalue weighted by atomic mass is 15.1. The van der Waals surface area contributed by atoms with E-state index in [0.29, 0.717) is 0 Å². The Bertz CT molecular complexity index is 3890. The van der Waals surface area contributed by atoms with Crippen molar-refractivity contribution in [3.05, 3.63) is 273 Å². The van der Waals surface area contributed by atoms with Crippen LogP contribution in [0.3, 0.4) is 0 Å². The minimum atomic E-state index is 1.09. The third-order valence-corrected chi connectivity index (χ3v) is 13.8. The summed E-state index contributed by atoms with van der Waals surface area (Å²) in [5, 5.41) is 5.06. The summed E-state index contributed by atoms with van der Waals surface area (Å²) in [5.74, 6) is 0. The molecule has 0 radical (unpaired) electrons. The first-order valence-electron chi connectivity index (χ1n) is 23.7. The van der Waals surface area contributed by atoms with Crippen molar-refractivity contribution in [2.45, 2.75) is 0 Å². The maximum Gasteiger partial charge on any atom is 0.0547 e. The number of rotatable bonds is 9. The first-order chi connectivity index (χ1) is 34.2. The lowest BCUT2D eigenvalue weighted by atomic mass is 9.99. The first kappa shape index (κ1) is 40.1. The van der Waals surface area contributed by atoms with Gasteiger partial charge in [0, 0.05) is 50.0 Å². The van der Waals surface area contributed by atoms with Crippen molar-refractivity contribution in [1.82, 2.24) is 9.13 Å². The Morgan fingerprint density at radius 2 is 0.493 bits per heavy atom. The van der Waals surface area contributed by atoms with E-state index in [4.69, 9.17) is 0 Å². The van der Waals surface area contributed by atoms with Crippen molar-refractivity contribution < 1.29 is 0 Å². The van der Waals surface area contributed by atoms with Gasteiger partial charge in [0.2, 0.25) is 0 Å². The van der Waals surface area contributed by atoms with Gasteiger partial charge in [0.05, 0.1) is 22.1 Å². The molecule has 0 amide bonds. The largest absolute Gasteiger partial charge is 0.311 e. The Hall–Kier alpha value is -9.18. The van der Waals surface area contributed by atoms with Gasteiger partial charge in [0.25, 0.3) is 0 Å². The second-order valence-electron chi connectivity index (χ2n) is 17.8. The van der Waals surface area contributed by atoms with Crippen LogP contribution in [0.25, 0.3) is 99.5 Å². The number of para-hydroxylation sites is 4. The van der Waals surface area contributed by atoms with Crippen molar-refractivity contribution in [2.75, 3.05) is 4.90 Å². The fourth-order valence-electron chi connectivity index (χ4n) is 10.4. The summed E-state index contributed by atoms with van der Waals surface area (Å²) in [7, 11) is 0. The molecule has 3 heteroatoms. The highest BCUT2D eigenvalue weighted by molar-refractivity contribution is 6.11.